The lowest BCUT2D eigenvalue weighted by molar-refractivity contribution is 0.224. The maximum atomic E-state index is 10.6. The van der Waals surface area contributed by atoms with Gasteiger partial charge in [0.1, 0.15) is 30.8 Å². The minimum Gasteiger partial charge on any atom is -0.492 e. The predicted octanol–water partition coefficient (Wildman–Crippen LogP) is 1.95. The SMILES string of the molecule is CNCCOc1ccc2c(c1)-c1ccc(OCCNC)cc1C2O. The van der Waals surface area contributed by atoms with Gasteiger partial charge in [-0.05, 0) is 60.6 Å². The number of aliphatic hydroxyl groups is 1. The highest BCUT2D eigenvalue weighted by atomic mass is 16.5. The van der Waals surface area contributed by atoms with Crippen LogP contribution >= 0.6 is 0 Å². The van der Waals surface area contributed by atoms with Crippen molar-refractivity contribution in [1.82, 2.24) is 10.6 Å². The Morgan fingerprint density at radius 2 is 1.46 bits per heavy atom. The highest BCUT2D eigenvalue weighted by Crippen LogP contribution is 2.45. The summed E-state index contributed by atoms with van der Waals surface area (Å²) >= 11 is 0. The van der Waals surface area contributed by atoms with E-state index in [1.54, 1.807) is 0 Å². The second-order valence-corrected chi connectivity index (χ2v) is 5.80. The Morgan fingerprint density at radius 3 is 2.12 bits per heavy atom. The number of hydrogen-bond donors (Lipinski definition) is 3. The van der Waals surface area contributed by atoms with Crippen LogP contribution in [0, 0.1) is 0 Å². The molecule has 1 atom stereocenters. The van der Waals surface area contributed by atoms with E-state index in [1.165, 1.54) is 0 Å². The second kappa shape index (κ2) is 7.66. The lowest BCUT2D eigenvalue weighted by Crippen LogP contribution is -2.16. The number of aliphatic hydroxyl groups excluding tert-OH is 1. The molecule has 0 heterocycles. The van der Waals surface area contributed by atoms with E-state index in [2.05, 4.69) is 10.6 Å². The summed E-state index contributed by atoms with van der Waals surface area (Å²) in [5, 5.41) is 16.7. The summed E-state index contributed by atoms with van der Waals surface area (Å²) in [6, 6.07) is 11.7. The van der Waals surface area contributed by atoms with Gasteiger partial charge in [-0.1, -0.05) is 12.1 Å². The van der Waals surface area contributed by atoms with Gasteiger partial charge in [0, 0.05) is 13.1 Å². The Kier molecular flexibility index (Phi) is 5.35. The van der Waals surface area contributed by atoms with E-state index in [1.807, 2.05) is 50.5 Å². The van der Waals surface area contributed by atoms with Crippen molar-refractivity contribution in [2.75, 3.05) is 40.4 Å². The molecule has 0 radical (unpaired) electrons. The molecule has 0 saturated carbocycles. The van der Waals surface area contributed by atoms with Crippen molar-refractivity contribution < 1.29 is 14.6 Å². The van der Waals surface area contributed by atoms with Gasteiger partial charge in [0.15, 0.2) is 0 Å². The van der Waals surface area contributed by atoms with Gasteiger partial charge in [0.2, 0.25) is 0 Å². The third kappa shape index (κ3) is 3.38. The van der Waals surface area contributed by atoms with Crippen molar-refractivity contribution in [1.29, 1.82) is 0 Å². The Balaban J connectivity index is 1.82. The maximum Gasteiger partial charge on any atom is 0.120 e. The van der Waals surface area contributed by atoms with Crippen molar-refractivity contribution in [3.63, 3.8) is 0 Å². The van der Waals surface area contributed by atoms with Gasteiger partial charge in [-0.25, -0.2) is 0 Å². The van der Waals surface area contributed by atoms with Crippen LogP contribution in [-0.2, 0) is 0 Å². The maximum absolute atomic E-state index is 10.6. The fourth-order valence-corrected chi connectivity index (χ4v) is 2.91. The first-order valence-electron chi connectivity index (χ1n) is 8.25. The van der Waals surface area contributed by atoms with Gasteiger partial charge >= 0.3 is 0 Å². The highest BCUT2D eigenvalue weighted by Gasteiger charge is 2.27. The molecule has 0 amide bonds. The highest BCUT2D eigenvalue weighted by molar-refractivity contribution is 5.79. The molecular formula is C19H24N2O3. The quantitative estimate of drug-likeness (QED) is 0.647. The molecule has 0 aliphatic heterocycles. The number of fused-ring (bicyclic) bond motifs is 3. The molecule has 2 aromatic rings. The zero-order valence-corrected chi connectivity index (χ0v) is 14.1. The average Bonchev–Trinajstić information content (AvgIpc) is 2.88. The number of ether oxygens (including phenoxy) is 2. The van der Waals surface area contributed by atoms with Crippen LogP contribution in [-0.4, -0.2) is 45.5 Å². The largest absolute Gasteiger partial charge is 0.492 e. The second-order valence-electron chi connectivity index (χ2n) is 5.80. The molecule has 3 N–H and O–H groups in total. The van der Waals surface area contributed by atoms with E-state index in [0.29, 0.717) is 13.2 Å². The van der Waals surface area contributed by atoms with Crippen LogP contribution < -0.4 is 20.1 Å². The van der Waals surface area contributed by atoms with Gasteiger partial charge in [0.05, 0.1) is 0 Å². The van der Waals surface area contributed by atoms with Crippen LogP contribution in [0.15, 0.2) is 36.4 Å². The molecule has 0 saturated heterocycles. The minimum atomic E-state index is -0.616. The van der Waals surface area contributed by atoms with Gasteiger partial charge in [-0.15, -0.1) is 0 Å². The summed E-state index contributed by atoms with van der Waals surface area (Å²) in [4.78, 5) is 0. The molecule has 0 aromatic heterocycles. The van der Waals surface area contributed by atoms with Gasteiger partial charge < -0.3 is 25.2 Å². The molecule has 0 bridgehead atoms. The van der Waals surface area contributed by atoms with E-state index in [4.69, 9.17) is 9.47 Å². The zero-order chi connectivity index (χ0) is 16.9. The number of rotatable bonds is 8. The van der Waals surface area contributed by atoms with Crippen LogP contribution in [0.5, 0.6) is 11.5 Å². The van der Waals surface area contributed by atoms with Crippen LogP contribution in [0.2, 0.25) is 0 Å². The van der Waals surface area contributed by atoms with Gasteiger partial charge in [-0.2, -0.15) is 0 Å². The number of benzene rings is 2. The molecule has 1 aliphatic rings. The molecule has 0 fully saturated rings. The summed E-state index contributed by atoms with van der Waals surface area (Å²) in [6.07, 6.45) is -0.616. The topological polar surface area (TPSA) is 62.8 Å². The third-order valence-electron chi connectivity index (χ3n) is 4.17. The smallest absolute Gasteiger partial charge is 0.120 e. The molecule has 5 heteroatoms. The predicted molar refractivity (Wildman–Crippen MR) is 94.8 cm³/mol. The van der Waals surface area contributed by atoms with E-state index in [9.17, 15) is 5.11 Å². The molecule has 2 aromatic carbocycles. The van der Waals surface area contributed by atoms with Crippen molar-refractivity contribution in [2.24, 2.45) is 0 Å². The van der Waals surface area contributed by atoms with E-state index in [-0.39, 0.29) is 0 Å². The van der Waals surface area contributed by atoms with Crippen LogP contribution in [0.3, 0.4) is 0 Å². The van der Waals surface area contributed by atoms with E-state index in [0.717, 1.165) is 46.8 Å². The standard InChI is InChI=1S/C19H24N2O3/c1-20-7-9-23-13-4-6-16-17(11-13)15-5-3-14(24-10-8-21-2)12-18(15)19(16)22/h3-6,11-12,19-22H,7-10H2,1-2H3. The number of likely N-dealkylation sites (N-methyl/N-ethyl adjacent to an activating group) is 2. The Labute approximate surface area is 142 Å². The Morgan fingerprint density at radius 1 is 0.833 bits per heavy atom. The van der Waals surface area contributed by atoms with Gasteiger partial charge in [-0.3, -0.25) is 0 Å². The summed E-state index contributed by atoms with van der Waals surface area (Å²) < 4.78 is 11.4. The molecule has 5 nitrogen and oxygen atoms in total. The van der Waals surface area contributed by atoms with Crippen molar-refractivity contribution in [3.8, 4) is 22.6 Å². The van der Waals surface area contributed by atoms with E-state index >= 15 is 0 Å². The summed E-state index contributed by atoms with van der Waals surface area (Å²) in [7, 11) is 3.79. The molecule has 128 valence electrons. The summed E-state index contributed by atoms with van der Waals surface area (Å²) in [5.41, 5.74) is 3.87. The summed E-state index contributed by atoms with van der Waals surface area (Å²) in [6.45, 7) is 2.79. The molecule has 1 aliphatic carbocycles. The Bertz CT molecular complexity index is 703. The third-order valence-corrected chi connectivity index (χ3v) is 4.17. The van der Waals surface area contributed by atoms with Crippen LogP contribution in [0.1, 0.15) is 17.2 Å². The van der Waals surface area contributed by atoms with Crippen molar-refractivity contribution in [2.45, 2.75) is 6.10 Å². The average molecular weight is 328 g/mol. The number of nitrogens with one attached hydrogen (secondary N) is 2. The monoisotopic (exact) mass is 328 g/mol. The normalized spacial score (nSPS) is 15.0. The molecule has 24 heavy (non-hydrogen) atoms. The molecule has 3 rings (SSSR count). The van der Waals surface area contributed by atoms with Crippen molar-refractivity contribution in [3.05, 3.63) is 47.5 Å². The van der Waals surface area contributed by atoms with Crippen LogP contribution in [0.25, 0.3) is 11.1 Å². The number of hydrogen-bond acceptors (Lipinski definition) is 5. The van der Waals surface area contributed by atoms with Crippen LogP contribution in [0.4, 0.5) is 0 Å². The van der Waals surface area contributed by atoms with E-state index < -0.39 is 6.10 Å². The fraction of sp³-hybridized carbons (Fsp3) is 0.368. The zero-order valence-electron chi connectivity index (χ0n) is 14.1. The van der Waals surface area contributed by atoms with Crippen molar-refractivity contribution >= 4 is 0 Å². The first kappa shape index (κ1) is 16.8. The molecule has 1 unspecified atom stereocenters. The molecular weight excluding hydrogens is 304 g/mol. The Hall–Kier alpha value is -2.08. The molecule has 0 spiro atoms. The first-order valence-corrected chi connectivity index (χ1v) is 8.25. The summed E-state index contributed by atoms with van der Waals surface area (Å²) in [5.74, 6) is 1.60. The van der Waals surface area contributed by atoms with Gasteiger partial charge in [0.25, 0.3) is 0 Å². The fourth-order valence-electron chi connectivity index (χ4n) is 2.91. The minimum absolute atomic E-state index is 0.599. The lowest BCUT2D eigenvalue weighted by atomic mass is 10.1. The lowest BCUT2D eigenvalue weighted by Gasteiger charge is -2.09. The first-order chi connectivity index (χ1) is 11.7.